The lowest BCUT2D eigenvalue weighted by atomic mass is 10.0. The molecule has 1 heterocycles. The number of benzene rings is 2. The van der Waals surface area contributed by atoms with Gasteiger partial charge in [0, 0.05) is 32.8 Å². The summed E-state index contributed by atoms with van der Waals surface area (Å²) in [5.41, 5.74) is 7.34. The Labute approximate surface area is 120 Å². The summed E-state index contributed by atoms with van der Waals surface area (Å²) in [7, 11) is 1.79. The molecule has 1 aliphatic heterocycles. The molecule has 3 rings (SSSR count). The maximum Gasteiger partial charge on any atom is 0.0710 e. The maximum absolute atomic E-state index is 6.03. The summed E-state index contributed by atoms with van der Waals surface area (Å²) in [6, 6.07) is 15.4. The van der Waals surface area contributed by atoms with Crippen LogP contribution < -0.4 is 5.73 Å². The smallest absolute Gasteiger partial charge is 0.0710 e. The van der Waals surface area contributed by atoms with Gasteiger partial charge in [-0.2, -0.15) is 0 Å². The van der Waals surface area contributed by atoms with Crippen molar-refractivity contribution in [1.29, 1.82) is 0 Å². The summed E-state index contributed by atoms with van der Waals surface area (Å²) in [6.45, 7) is 2.69. The number of nitrogens with zero attached hydrogens (tertiary/aromatic N) is 1. The van der Waals surface area contributed by atoms with Gasteiger partial charge in [-0.3, -0.25) is 4.90 Å². The molecule has 1 saturated heterocycles. The zero-order valence-electron chi connectivity index (χ0n) is 12.0. The average molecular weight is 270 g/mol. The van der Waals surface area contributed by atoms with Gasteiger partial charge in [-0.15, -0.1) is 0 Å². The Kier molecular flexibility index (Phi) is 4.01. The van der Waals surface area contributed by atoms with Crippen LogP contribution in [0.1, 0.15) is 18.0 Å². The van der Waals surface area contributed by atoms with Crippen molar-refractivity contribution in [1.82, 2.24) is 4.90 Å². The van der Waals surface area contributed by atoms with Crippen LogP contribution in [0, 0.1) is 0 Å². The van der Waals surface area contributed by atoms with E-state index in [2.05, 4.69) is 47.4 Å². The van der Waals surface area contributed by atoms with Crippen molar-refractivity contribution in [3.8, 4) is 0 Å². The van der Waals surface area contributed by atoms with Gasteiger partial charge in [0.05, 0.1) is 6.10 Å². The second-order valence-corrected chi connectivity index (χ2v) is 5.50. The summed E-state index contributed by atoms with van der Waals surface area (Å²) >= 11 is 0. The number of nitrogens with two attached hydrogens (primary N) is 1. The lowest BCUT2D eigenvalue weighted by Crippen LogP contribution is -2.32. The molecule has 1 aliphatic rings. The van der Waals surface area contributed by atoms with Crippen molar-refractivity contribution < 1.29 is 4.74 Å². The SMILES string of the molecule is COC1CCN(C(CN)c2ccc3ccccc3c2)C1. The van der Waals surface area contributed by atoms with E-state index in [0.29, 0.717) is 18.7 Å². The van der Waals surface area contributed by atoms with Crippen molar-refractivity contribution >= 4 is 10.8 Å². The number of rotatable bonds is 4. The first-order valence-electron chi connectivity index (χ1n) is 7.27. The van der Waals surface area contributed by atoms with Crippen LogP contribution in [0.5, 0.6) is 0 Å². The number of hydrogen-bond acceptors (Lipinski definition) is 3. The van der Waals surface area contributed by atoms with Gasteiger partial charge in [-0.05, 0) is 28.8 Å². The van der Waals surface area contributed by atoms with Crippen LogP contribution in [0.2, 0.25) is 0 Å². The van der Waals surface area contributed by atoms with Gasteiger partial charge in [0.15, 0.2) is 0 Å². The van der Waals surface area contributed by atoms with Gasteiger partial charge < -0.3 is 10.5 Å². The molecule has 1 fully saturated rings. The molecule has 106 valence electrons. The molecule has 2 N–H and O–H groups in total. The zero-order chi connectivity index (χ0) is 13.9. The number of fused-ring (bicyclic) bond motifs is 1. The number of ether oxygens (including phenoxy) is 1. The molecule has 20 heavy (non-hydrogen) atoms. The van der Waals surface area contributed by atoms with Crippen molar-refractivity contribution in [3.05, 3.63) is 48.0 Å². The molecule has 2 aromatic carbocycles. The summed E-state index contributed by atoms with van der Waals surface area (Å²) < 4.78 is 5.46. The third-order valence-corrected chi connectivity index (χ3v) is 4.33. The van der Waals surface area contributed by atoms with E-state index < -0.39 is 0 Å². The van der Waals surface area contributed by atoms with E-state index in [4.69, 9.17) is 10.5 Å². The highest BCUT2D eigenvalue weighted by Crippen LogP contribution is 2.27. The highest BCUT2D eigenvalue weighted by molar-refractivity contribution is 5.83. The average Bonchev–Trinajstić information content (AvgIpc) is 2.97. The van der Waals surface area contributed by atoms with Crippen molar-refractivity contribution in [2.75, 3.05) is 26.7 Å². The van der Waals surface area contributed by atoms with E-state index in [-0.39, 0.29) is 0 Å². The molecule has 0 spiro atoms. The van der Waals surface area contributed by atoms with E-state index in [1.165, 1.54) is 16.3 Å². The van der Waals surface area contributed by atoms with Crippen LogP contribution in [0.25, 0.3) is 10.8 Å². The van der Waals surface area contributed by atoms with Crippen LogP contribution in [0.3, 0.4) is 0 Å². The Morgan fingerprint density at radius 3 is 2.75 bits per heavy atom. The Bertz CT molecular complexity index is 584. The predicted octanol–water partition coefficient (Wildman–Crippen LogP) is 2.56. The quantitative estimate of drug-likeness (QED) is 0.928. The molecule has 0 radical (unpaired) electrons. The predicted molar refractivity (Wildman–Crippen MR) is 82.7 cm³/mol. The van der Waals surface area contributed by atoms with Crippen LogP contribution in [0.4, 0.5) is 0 Å². The largest absolute Gasteiger partial charge is 0.380 e. The first-order chi connectivity index (χ1) is 9.81. The van der Waals surface area contributed by atoms with Gasteiger partial charge >= 0.3 is 0 Å². The Hall–Kier alpha value is -1.42. The van der Waals surface area contributed by atoms with Gasteiger partial charge in [0.25, 0.3) is 0 Å². The summed E-state index contributed by atoms with van der Waals surface area (Å²) in [5, 5.41) is 2.56. The molecule has 2 aromatic rings. The molecular formula is C17H22N2O. The molecule has 0 aromatic heterocycles. The molecular weight excluding hydrogens is 248 g/mol. The summed E-state index contributed by atoms with van der Waals surface area (Å²) in [6.07, 6.45) is 1.45. The maximum atomic E-state index is 6.03. The Balaban J connectivity index is 1.87. The topological polar surface area (TPSA) is 38.5 Å². The van der Waals surface area contributed by atoms with Crippen molar-refractivity contribution in [2.45, 2.75) is 18.6 Å². The zero-order valence-corrected chi connectivity index (χ0v) is 12.0. The van der Waals surface area contributed by atoms with Gasteiger partial charge in [0.1, 0.15) is 0 Å². The highest BCUT2D eigenvalue weighted by atomic mass is 16.5. The van der Waals surface area contributed by atoms with E-state index in [9.17, 15) is 0 Å². The monoisotopic (exact) mass is 270 g/mol. The molecule has 2 unspecified atom stereocenters. The van der Waals surface area contributed by atoms with Crippen LogP contribution in [-0.2, 0) is 4.74 Å². The first-order valence-corrected chi connectivity index (χ1v) is 7.27. The minimum absolute atomic E-state index is 0.291. The molecule has 0 bridgehead atoms. The standard InChI is InChI=1S/C17H22N2O/c1-20-16-8-9-19(12-16)17(11-18)15-7-6-13-4-2-3-5-14(13)10-15/h2-7,10,16-17H,8-9,11-12,18H2,1H3. The highest BCUT2D eigenvalue weighted by Gasteiger charge is 2.28. The van der Waals surface area contributed by atoms with Crippen molar-refractivity contribution in [3.63, 3.8) is 0 Å². The van der Waals surface area contributed by atoms with Gasteiger partial charge in [-0.25, -0.2) is 0 Å². The molecule has 2 atom stereocenters. The molecule has 3 heteroatoms. The van der Waals surface area contributed by atoms with Crippen LogP contribution in [-0.4, -0.2) is 37.7 Å². The lowest BCUT2D eigenvalue weighted by molar-refractivity contribution is 0.101. The lowest BCUT2D eigenvalue weighted by Gasteiger charge is -2.27. The molecule has 0 amide bonds. The number of hydrogen-bond donors (Lipinski definition) is 1. The molecule has 0 saturated carbocycles. The van der Waals surface area contributed by atoms with Crippen molar-refractivity contribution in [2.24, 2.45) is 5.73 Å². The summed E-state index contributed by atoms with van der Waals surface area (Å²) in [5.74, 6) is 0. The van der Waals surface area contributed by atoms with Gasteiger partial charge in [0.2, 0.25) is 0 Å². The number of likely N-dealkylation sites (tertiary alicyclic amines) is 1. The second kappa shape index (κ2) is 5.92. The van der Waals surface area contributed by atoms with Gasteiger partial charge in [-0.1, -0.05) is 36.4 Å². The van der Waals surface area contributed by atoms with Crippen LogP contribution in [0.15, 0.2) is 42.5 Å². The second-order valence-electron chi connectivity index (χ2n) is 5.50. The Morgan fingerprint density at radius 1 is 1.25 bits per heavy atom. The molecule has 0 aliphatic carbocycles. The summed E-state index contributed by atoms with van der Waals surface area (Å²) in [4.78, 5) is 2.44. The fraction of sp³-hybridized carbons (Fsp3) is 0.412. The number of methoxy groups -OCH3 is 1. The minimum Gasteiger partial charge on any atom is -0.380 e. The minimum atomic E-state index is 0.291. The Morgan fingerprint density at radius 2 is 2.05 bits per heavy atom. The van der Waals surface area contributed by atoms with E-state index in [1.807, 2.05) is 0 Å². The first kappa shape index (κ1) is 13.6. The fourth-order valence-corrected chi connectivity index (χ4v) is 3.14. The van der Waals surface area contributed by atoms with E-state index in [1.54, 1.807) is 7.11 Å². The van der Waals surface area contributed by atoms with E-state index in [0.717, 1.165) is 19.5 Å². The van der Waals surface area contributed by atoms with Crippen LogP contribution >= 0.6 is 0 Å². The molecule has 3 nitrogen and oxygen atoms in total. The van der Waals surface area contributed by atoms with E-state index >= 15 is 0 Å². The third-order valence-electron chi connectivity index (χ3n) is 4.33. The normalized spacial score (nSPS) is 21.4. The third kappa shape index (κ3) is 2.57. The fourth-order valence-electron chi connectivity index (χ4n) is 3.14.